The molecule has 1 aliphatic heterocycles. The maximum atomic E-state index is 13.4. The van der Waals surface area contributed by atoms with Gasteiger partial charge >= 0.3 is 0 Å². The number of halogens is 3. The second-order valence-electron chi connectivity index (χ2n) is 6.75. The van der Waals surface area contributed by atoms with Crippen LogP contribution in [0, 0.1) is 17.5 Å². The molecule has 1 saturated heterocycles. The molecule has 9 heteroatoms. The fourth-order valence-electron chi connectivity index (χ4n) is 3.25. The number of unbranched alkanes of at least 4 members (excludes halogenated alkanes) is 3. The van der Waals surface area contributed by atoms with Crippen LogP contribution in [0.5, 0.6) is 5.75 Å². The Kier molecular flexibility index (Phi) is 8.30. The van der Waals surface area contributed by atoms with Gasteiger partial charge in [-0.2, -0.15) is 0 Å². The average molecular weight is 393 g/mol. The number of hydrogen-bond acceptors (Lipinski definition) is 6. The summed E-state index contributed by atoms with van der Waals surface area (Å²) in [4.78, 5) is 1.74. The number of β-amino-alcohol motifs (C(OH)–C–C–N with tert-alkyl or cyclic N) is 1. The van der Waals surface area contributed by atoms with Crippen LogP contribution in [0.15, 0.2) is 12.1 Å². The number of hydrogen-bond donors (Lipinski definition) is 4. The second kappa shape index (κ2) is 10.2. The normalized spacial score (nSPS) is 26.3. The molecule has 2 rings (SSSR count). The molecule has 4 atom stereocenters. The summed E-state index contributed by atoms with van der Waals surface area (Å²) in [7, 11) is 0. The third-order valence-electron chi connectivity index (χ3n) is 4.77. The molecule has 1 aromatic rings. The van der Waals surface area contributed by atoms with Crippen LogP contribution < -0.4 is 4.74 Å². The van der Waals surface area contributed by atoms with Gasteiger partial charge in [-0.15, -0.1) is 0 Å². The van der Waals surface area contributed by atoms with E-state index in [-0.39, 0.29) is 19.8 Å². The van der Waals surface area contributed by atoms with Gasteiger partial charge in [0, 0.05) is 18.7 Å². The first-order valence-corrected chi connectivity index (χ1v) is 9.01. The van der Waals surface area contributed by atoms with Gasteiger partial charge in [0.25, 0.3) is 0 Å². The van der Waals surface area contributed by atoms with Crippen LogP contribution >= 0.6 is 0 Å². The Labute approximate surface area is 155 Å². The van der Waals surface area contributed by atoms with Crippen molar-refractivity contribution < 1.29 is 38.3 Å². The highest BCUT2D eigenvalue weighted by Gasteiger charge is 2.40. The number of piperidine rings is 1. The number of aliphatic hydroxyl groups excluding tert-OH is 4. The van der Waals surface area contributed by atoms with E-state index in [4.69, 9.17) is 4.74 Å². The van der Waals surface area contributed by atoms with Crippen molar-refractivity contribution in [2.45, 2.75) is 50.0 Å². The minimum atomic E-state index is -1.28. The topological polar surface area (TPSA) is 93.4 Å². The summed E-state index contributed by atoms with van der Waals surface area (Å²) >= 11 is 0. The molecule has 1 heterocycles. The van der Waals surface area contributed by atoms with Gasteiger partial charge in [0.1, 0.15) is 18.0 Å². The molecule has 1 aromatic carbocycles. The van der Waals surface area contributed by atoms with Gasteiger partial charge < -0.3 is 25.2 Å². The molecule has 27 heavy (non-hydrogen) atoms. The average Bonchev–Trinajstić information content (AvgIpc) is 2.60. The zero-order valence-corrected chi connectivity index (χ0v) is 14.9. The maximum Gasteiger partial charge on any atom is 0.190 e. The molecule has 0 unspecified atom stereocenters. The van der Waals surface area contributed by atoms with E-state index in [0.29, 0.717) is 31.5 Å². The summed E-state index contributed by atoms with van der Waals surface area (Å²) < 4.78 is 44.7. The van der Waals surface area contributed by atoms with E-state index in [2.05, 4.69) is 0 Å². The van der Waals surface area contributed by atoms with Gasteiger partial charge in [-0.05, 0) is 19.4 Å². The molecule has 1 fully saturated rings. The number of ether oxygens (including phenoxy) is 1. The molecule has 4 N–H and O–H groups in total. The fraction of sp³-hybridized carbons (Fsp3) is 0.667. The third kappa shape index (κ3) is 5.79. The predicted molar refractivity (Wildman–Crippen MR) is 90.7 cm³/mol. The Morgan fingerprint density at radius 2 is 1.59 bits per heavy atom. The summed E-state index contributed by atoms with van der Waals surface area (Å²) in [6, 6.07) is 0.499. The molecular formula is C18H26F3NO5. The Balaban J connectivity index is 1.66. The molecule has 0 bridgehead atoms. The first-order chi connectivity index (χ1) is 12.8. The number of aliphatic hydroxyl groups is 4. The quantitative estimate of drug-likeness (QED) is 0.464. The van der Waals surface area contributed by atoms with Crippen LogP contribution in [0.3, 0.4) is 0 Å². The largest absolute Gasteiger partial charge is 0.488 e. The lowest BCUT2D eigenvalue weighted by Gasteiger charge is -2.43. The van der Waals surface area contributed by atoms with E-state index in [1.165, 1.54) is 0 Å². The predicted octanol–water partition coefficient (Wildman–Crippen LogP) is 0.802. The highest BCUT2D eigenvalue weighted by Crippen LogP contribution is 2.23. The Morgan fingerprint density at radius 3 is 2.22 bits per heavy atom. The van der Waals surface area contributed by atoms with Gasteiger partial charge in [-0.3, -0.25) is 4.90 Å². The van der Waals surface area contributed by atoms with Gasteiger partial charge in [-0.25, -0.2) is 13.2 Å². The van der Waals surface area contributed by atoms with Crippen molar-refractivity contribution in [3.05, 3.63) is 29.6 Å². The molecule has 0 spiro atoms. The zero-order valence-electron chi connectivity index (χ0n) is 14.9. The van der Waals surface area contributed by atoms with Gasteiger partial charge in [0.05, 0.1) is 25.4 Å². The summed E-state index contributed by atoms with van der Waals surface area (Å²) in [5, 5.41) is 38.7. The number of benzene rings is 1. The minimum Gasteiger partial charge on any atom is -0.488 e. The van der Waals surface area contributed by atoms with Crippen molar-refractivity contribution in [2.75, 3.05) is 26.3 Å². The van der Waals surface area contributed by atoms with Crippen LogP contribution in [0.25, 0.3) is 0 Å². The van der Waals surface area contributed by atoms with Crippen molar-refractivity contribution in [3.8, 4) is 5.75 Å². The second-order valence-corrected chi connectivity index (χ2v) is 6.75. The van der Waals surface area contributed by atoms with E-state index in [1.807, 2.05) is 0 Å². The van der Waals surface area contributed by atoms with Gasteiger partial charge in [0.2, 0.25) is 0 Å². The Bertz CT molecular complexity index is 583. The maximum absolute atomic E-state index is 13.4. The van der Waals surface area contributed by atoms with Crippen molar-refractivity contribution in [1.82, 2.24) is 4.90 Å². The Morgan fingerprint density at radius 1 is 0.963 bits per heavy atom. The van der Waals surface area contributed by atoms with Crippen LogP contribution in [0.1, 0.15) is 25.7 Å². The van der Waals surface area contributed by atoms with Crippen molar-refractivity contribution >= 4 is 0 Å². The highest BCUT2D eigenvalue weighted by atomic mass is 19.1. The van der Waals surface area contributed by atoms with Crippen molar-refractivity contribution in [2.24, 2.45) is 0 Å². The number of nitrogens with zero attached hydrogens (tertiary/aromatic N) is 1. The summed E-state index contributed by atoms with van der Waals surface area (Å²) in [5.74, 6) is -3.74. The third-order valence-corrected chi connectivity index (χ3v) is 4.77. The van der Waals surface area contributed by atoms with E-state index < -0.39 is 47.6 Å². The monoisotopic (exact) mass is 393 g/mol. The van der Waals surface area contributed by atoms with E-state index in [0.717, 1.165) is 12.8 Å². The molecule has 0 aliphatic carbocycles. The highest BCUT2D eigenvalue weighted by molar-refractivity contribution is 5.26. The van der Waals surface area contributed by atoms with Gasteiger partial charge in [0.15, 0.2) is 17.4 Å². The Hall–Kier alpha value is -1.39. The molecule has 0 radical (unpaired) electrons. The smallest absolute Gasteiger partial charge is 0.190 e. The molecule has 0 amide bonds. The summed E-state index contributed by atoms with van der Waals surface area (Å²) in [6.07, 6.45) is -0.821. The number of rotatable bonds is 9. The van der Waals surface area contributed by atoms with Crippen molar-refractivity contribution in [1.29, 1.82) is 0 Å². The lowest BCUT2D eigenvalue weighted by Crippen LogP contribution is -2.62. The standard InChI is InChI=1S/C18H26F3NO5/c19-11-7-12(20)18(13(21)8-11)27-6-4-2-1-3-5-22-9-15(24)17(26)16(25)14(22)10-23/h7-8,14-17,23-26H,1-6,9-10H2/t14-,15+,16-,17-/m1/s1. The molecule has 6 nitrogen and oxygen atoms in total. The first kappa shape index (κ1) is 21.9. The van der Waals surface area contributed by atoms with E-state index in [1.54, 1.807) is 4.90 Å². The van der Waals surface area contributed by atoms with Gasteiger partial charge in [-0.1, -0.05) is 12.8 Å². The molecule has 1 aliphatic rings. The lowest BCUT2D eigenvalue weighted by atomic mass is 9.94. The van der Waals surface area contributed by atoms with E-state index in [9.17, 15) is 33.6 Å². The van der Waals surface area contributed by atoms with Crippen LogP contribution in [-0.4, -0.2) is 76.0 Å². The van der Waals surface area contributed by atoms with Crippen molar-refractivity contribution in [3.63, 3.8) is 0 Å². The first-order valence-electron chi connectivity index (χ1n) is 9.01. The minimum absolute atomic E-state index is 0.0894. The summed E-state index contributed by atoms with van der Waals surface area (Å²) in [6.45, 7) is 0.448. The molecule has 0 saturated carbocycles. The lowest BCUT2D eigenvalue weighted by molar-refractivity contribution is -0.145. The van der Waals surface area contributed by atoms with E-state index >= 15 is 0 Å². The fourth-order valence-corrected chi connectivity index (χ4v) is 3.25. The SMILES string of the molecule is OC[C@@H]1[C@@H](O)[C@H](O)[C@@H](O)CN1CCCCCCOc1c(F)cc(F)cc1F. The zero-order chi connectivity index (χ0) is 20.0. The molecule has 154 valence electrons. The van der Waals surface area contributed by atoms with Crippen LogP contribution in [0.2, 0.25) is 0 Å². The summed E-state index contributed by atoms with van der Waals surface area (Å²) in [5.41, 5.74) is 0. The van der Waals surface area contributed by atoms with Crippen LogP contribution in [0.4, 0.5) is 13.2 Å². The molecular weight excluding hydrogens is 367 g/mol. The molecule has 0 aromatic heterocycles. The number of likely N-dealkylation sites (tertiary alicyclic amines) is 1. The van der Waals surface area contributed by atoms with Crippen LogP contribution in [-0.2, 0) is 0 Å².